The van der Waals surface area contributed by atoms with Gasteiger partial charge >= 0.3 is 0 Å². The average Bonchev–Trinajstić information content (AvgIpc) is 3.63. The summed E-state index contributed by atoms with van der Waals surface area (Å²) in [5.41, 5.74) is 6.30. The topological polar surface area (TPSA) is 90.3 Å². The molecule has 2 N–H and O–H groups in total. The molecule has 7 rings (SSSR count). The molecule has 4 atom stereocenters. The number of rotatable bonds is 8. The number of aliphatic hydroxyl groups excluding tert-OH is 1. The summed E-state index contributed by atoms with van der Waals surface area (Å²) in [6.45, 7) is 3.74. The quantitative estimate of drug-likeness (QED) is 0.273. The fourth-order valence-electron chi connectivity index (χ4n) is 8.91. The summed E-state index contributed by atoms with van der Waals surface area (Å²) < 4.78 is 13.1. The van der Waals surface area contributed by atoms with E-state index in [1.165, 1.54) is 72.0 Å². The van der Waals surface area contributed by atoms with Crippen LogP contribution in [0.4, 0.5) is 0 Å². The van der Waals surface area contributed by atoms with Gasteiger partial charge in [0.2, 0.25) is 5.91 Å². The molecule has 2 saturated carbocycles. The molecule has 0 radical (unpaired) electrons. The van der Waals surface area contributed by atoms with Crippen molar-refractivity contribution < 1.29 is 19.4 Å². The van der Waals surface area contributed by atoms with Crippen molar-refractivity contribution in [3.05, 3.63) is 53.1 Å². The van der Waals surface area contributed by atoms with Crippen molar-refractivity contribution in [1.82, 2.24) is 23.4 Å². The number of likely N-dealkylation sites (N-methyl/N-ethyl adjacent to an activating group) is 1. The molecule has 48 heavy (non-hydrogen) atoms. The minimum absolute atomic E-state index is 0.110. The van der Waals surface area contributed by atoms with E-state index in [-0.39, 0.29) is 23.9 Å². The lowest BCUT2D eigenvalue weighted by Crippen LogP contribution is -2.48. The molecular formula is C38H53N5O4S. The first-order valence-corrected chi connectivity index (χ1v) is 18.3. The first-order valence-electron chi connectivity index (χ1n) is 17.5. The van der Waals surface area contributed by atoms with Crippen LogP contribution < -0.4 is 9.46 Å². The van der Waals surface area contributed by atoms with E-state index in [9.17, 15) is 4.79 Å². The normalized spacial score (nSPS) is 24.8. The second-order valence-electron chi connectivity index (χ2n) is 14.7. The van der Waals surface area contributed by atoms with Crippen molar-refractivity contribution in [3.8, 4) is 17.0 Å². The van der Waals surface area contributed by atoms with E-state index in [2.05, 4.69) is 70.4 Å². The number of fused-ring (bicyclic) bond motifs is 7. The fourth-order valence-corrected chi connectivity index (χ4v) is 9.29. The Bertz CT molecular complexity index is 1660. The molecular weight excluding hydrogens is 623 g/mol. The van der Waals surface area contributed by atoms with E-state index in [0.29, 0.717) is 23.9 Å². The highest BCUT2D eigenvalue weighted by Crippen LogP contribution is 2.66. The van der Waals surface area contributed by atoms with Crippen LogP contribution in [0.15, 0.2) is 36.4 Å². The van der Waals surface area contributed by atoms with Gasteiger partial charge in [0.15, 0.2) is 0 Å². The monoisotopic (exact) mass is 675 g/mol. The maximum Gasteiger partial charge on any atom is 0.262 e. The predicted octanol–water partition coefficient (Wildman–Crippen LogP) is 6.26. The number of carbonyl (C=O) groups is 2. The van der Waals surface area contributed by atoms with Gasteiger partial charge in [-0.2, -0.15) is 0 Å². The lowest BCUT2D eigenvalue weighted by molar-refractivity contribution is -0.140. The predicted molar refractivity (Wildman–Crippen MR) is 194 cm³/mol. The van der Waals surface area contributed by atoms with Crippen LogP contribution in [0.1, 0.15) is 91.6 Å². The van der Waals surface area contributed by atoms with E-state index in [1.54, 1.807) is 7.11 Å². The number of carbonyl (C=O) groups excluding carboxylic acids is 2. The summed E-state index contributed by atoms with van der Waals surface area (Å²) >= 11 is 1.28. The van der Waals surface area contributed by atoms with Crippen molar-refractivity contribution in [2.24, 2.45) is 5.41 Å². The molecule has 0 spiro atoms. The maximum atomic E-state index is 15.1. The number of hydrogen-bond acceptors (Lipinski definition) is 7. The third-order valence-corrected chi connectivity index (χ3v) is 11.8. The molecule has 2 aliphatic heterocycles. The molecule has 260 valence electrons. The smallest absolute Gasteiger partial charge is 0.262 e. The van der Waals surface area contributed by atoms with Gasteiger partial charge < -0.3 is 24.2 Å². The Morgan fingerprint density at radius 1 is 1.02 bits per heavy atom. The van der Waals surface area contributed by atoms with Crippen LogP contribution in [-0.4, -0.2) is 96.6 Å². The van der Waals surface area contributed by atoms with Crippen molar-refractivity contribution >= 4 is 34.9 Å². The highest BCUT2D eigenvalue weighted by molar-refractivity contribution is 7.95. The van der Waals surface area contributed by atoms with Crippen molar-refractivity contribution in [2.45, 2.75) is 88.8 Å². The van der Waals surface area contributed by atoms with Crippen LogP contribution in [0, 0.1) is 5.41 Å². The number of nitrogens with zero attached hydrogens (tertiary/aromatic N) is 4. The zero-order valence-corrected chi connectivity index (χ0v) is 30.5. The molecule has 4 aliphatic rings. The van der Waals surface area contributed by atoms with E-state index >= 15 is 4.79 Å². The third kappa shape index (κ3) is 6.14. The van der Waals surface area contributed by atoms with Gasteiger partial charge in [0, 0.05) is 72.4 Å². The van der Waals surface area contributed by atoms with Crippen LogP contribution >= 0.6 is 12.1 Å². The summed E-state index contributed by atoms with van der Waals surface area (Å²) in [6, 6.07) is 13.2. The van der Waals surface area contributed by atoms with Crippen LogP contribution in [0.2, 0.25) is 0 Å². The molecule has 3 aromatic rings. The van der Waals surface area contributed by atoms with E-state index in [0.717, 1.165) is 44.2 Å². The largest absolute Gasteiger partial charge is 0.497 e. The second-order valence-corrected chi connectivity index (χ2v) is 15.8. The SMILES string of the molecule is CO.COc1ccc2c(c1)C1CC1(C(=O)N1C(C)CCC1CN(C)C)Cn1c-2c(C2CCCCC2)c2ccc(C(=O)NSN(C)C)cc21. The van der Waals surface area contributed by atoms with Crippen LogP contribution in [0.5, 0.6) is 5.75 Å². The molecule has 2 aliphatic carbocycles. The molecule has 10 heteroatoms. The second kappa shape index (κ2) is 14.1. The first-order chi connectivity index (χ1) is 23.1. The first kappa shape index (κ1) is 34.8. The number of hydrogen-bond donors (Lipinski definition) is 2. The Hall–Kier alpha value is -3.05. The average molecular weight is 676 g/mol. The van der Waals surface area contributed by atoms with E-state index in [4.69, 9.17) is 9.84 Å². The number of benzene rings is 2. The molecule has 1 saturated heterocycles. The van der Waals surface area contributed by atoms with Gasteiger partial charge in [0.1, 0.15) is 5.75 Å². The molecule has 3 heterocycles. The van der Waals surface area contributed by atoms with Crippen LogP contribution in [0.25, 0.3) is 22.2 Å². The van der Waals surface area contributed by atoms with E-state index < -0.39 is 5.41 Å². The van der Waals surface area contributed by atoms with Crippen LogP contribution in [-0.2, 0) is 11.3 Å². The summed E-state index contributed by atoms with van der Waals surface area (Å²) in [5, 5.41) is 8.22. The molecule has 0 bridgehead atoms. The summed E-state index contributed by atoms with van der Waals surface area (Å²) in [6.07, 6.45) is 9.02. The number of aliphatic hydroxyl groups is 1. The van der Waals surface area contributed by atoms with Gasteiger partial charge in [0.05, 0.1) is 18.2 Å². The van der Waals surface area contributed by atoms with Gasteiger partial charge in [-0.25, -0.2) is 4.31 Å². The summed E-state index contributed by atoms with van der Waals surface area (Å²) in [7, 11) is 10.8. The number of amides is 2. The van der Waals surface area contributed by atoms with E-state index in [1.807, 2.05) is 24.5 Å². The number of nitrogens with one attached hydrogen (secondary N) is 1. The third-order valence-electron chi connectivity index (χ3n) is 11.1. The fraction of sp³-hybridized carbons (Fsp3) is 0.579. The zero-order valence-electron chi connectivity index (χ0n) is 29.7. The maximum absolute atomic E-state index is 15.1. The Kier molecular flexibility index (Phi) is 10.2. The standard InChI is InChI=1S/C37H49N5O3S.CH4O/c1-23-12-14-26(21-39(2)3)42(23)36(44)37-20-31(37)30-19-27(45-6)15-17-28(30)34-33(24-10-8-7-9-11-24)29-16-13-25(18-32(29)41(34)22-37)35(43)38-46-40(4)5;1-2/h13,15-19,23-24,26,31H,7-12,14,20-22H2,1-6H3,(H,38,43);2H,1H3. The lowest BCUT2D eigenvalue weighted by Gasteiger charge is -2.34. The Balaban J connectivity index is 0.00000197. The number of aromatic nitrogens is 1. The number of ether oxygens (including phenoxy) is 1. The number of likely N-dealkylation sites (tertiary alicyclic amines) is 1. The number of methoxy groups -OCH3 is 1. The molecule has 9 nitrogen and oxygen atoms in total. The summed E-state index contributed by atoms with van der Waals surface area (Å²) in [5.74, 6) is 1.62. The molecule has 2 amide bonds. The van der Waals surface area contributed by atoms with Crippen molar-refractivity contribution in [3.63, 3.8) is 0 Å². The molecule has 2 aromatic carbocycles. The van der Waals surface area contributed by atoms with Crippen molar-refractivity contribution in [2.75, 3.05) is 49.0 Å². The highest BCUT2D eigenvalue weighted by Gasteiger charge is 2.65. The van der Waals surface area contributed by atoms with Gasteiger partial charge in [-0.05, 0) is 115 Å². The minimum atomic E-state index is -0.523. The Morgan fingerprint density at radius 2 is 1.77 bits per heavy atom. The van der Waals surface area contributed by atoms with Gasteiger partial charge in [-0.15, -0.1) is 0 Å². The van der Waals surface area contributed by atoms with Gasteiger partial charge in [-0.1, -0.05) is 25.3 Å². The minimum Gasteiger partial charge on any atom is -0.497 e. The zero-order chi connectivity index (χ0) is 34.3. The Labute approximate surface area is 290 Å². The van der Waals surface area contributed by atoms with Gasteiger partial charge in [-0.3, -0.25) is 14.3 Å². The summed E-state index contributed by atoms with van der Waals surface area (Å²) in [4.78, 5) is 32.9. The molecule has 1 aromatic heterocycles. The van der Waals surface area contributed by atoms with Crippen molar-refractivity contribution in [1.29, 1.82) is 0 Å². The van der Waals surface area contributed by atoms with Crippen LogP contribution in [0.3, 0.4) is 0 Å². The highest BCUT2D eigenvalue weighted by atomic mass is 32.2. The molecule has 3 fully saturated rings. The van der Waals surface area contributed by atoms with Gasteiger partial charge in [0.25, 0.3) is 5.91 Å². The lowest BCUT2D eigenvalue weighted by atomic mass is 9.81. The Morgan fingerprint density at radius 3 is 2.46 bits per heavy atom. The molecule has 4 unspecified atom stereocenters.